The maximum atomic E-state index is 10.3. The summed E-state index contributed by atoms with van der Waals surface area (Å²) in [7, 11) is 1.58. The lowest BCUT2D eigenvalue weighted by molar-refractivity contribution is -0.131. The second-order valence-electron chi connectivity index (χ2n) is 3.39. The van der Waals surface area contributed by atoms with Gasteiger partial charge in [0.25, 0.3) is 0 Å². The normalized spacial score (nSPS) is 10.5. The van der Waals surface area contributed by atoms with Gasteiger partial charge < -0.3 is 14.6 Å². The van der Waals surface area contributed by atoms with Crippen LogP contribution < -0.4 is 9.47 Å². The minimum Gasteiger partial charge on any atom is -0.493 e. The second kappa shape index (κ2) is 6.58. The number of aryl methyl sites for hydroxylation is 1. The number of rotatable bonds is 6. The third kappa shape index (κ3) is 4.18. The minimum atomic E-state index is -0.984. The van der Waals surface area contributed by atoms with E-state index in [-0.39, 0.29) is 6.61 Å². The van der Waals surface area contributed by atoms with Crippen LogP contribution in [-0.4, -0.2) is 24.8 Å². The summed E-state index contributed by atoms with van der Waals surface area (Å²) in [5.74, 6) is 0.287. The first-order valence-corrected chi connectivity index (χ1v) is 5.36. The van der Waals surface area contributed by atoms with Gasteiger partial charge in [-0.25, -0.2) is 4.79 Å². The molecule has 92 valence electrons. The number of carboxylic acid groups (broad SMARTS) is 1. The predicted octanol–water partition coefficient (Wildman–Crippen LogP) is 2.28. The molecule has 17 heavy (non-hydrogen) atoms. The van der Waals surface area contributed by atoms with Crippen LogP contribution in [0.3, 0.4) is 0 Å². The zero-order valence-electron chi connectivity index (χ0n) is 9.97. The van der Waals surface area contributed by atoms with Gasteiger partial charge in [0.2, 0.25) is 0 Å². The van der Waals surface area contributed by atoms with Crippen molar-refractivity contribution >= 4 is 5.97 Å². The van der Waals surface area contributed by atoms with Gasteiger partial charge in [0.1, 0.15) is 6.61 Å². The van der Waals surface area contributed by atoms with Gasteiger partial charge >= 0.3 is 5.97 Å². The van der Waals surface area contributed by atoms with Crippen molar-refractivity contribution in [2.75, 3.05) is 13.7 Å². The van der Waals surface area contributed by atoms with Crippen LogP contribution in [0.15, 0.2) is 30.4 Å². The number of hydrogen-bond acceptors (Lipinski definition) is 3. The Morgan fingerprint density at radius 2 is 2.18 bits per heavy atom. The summed E-state index contributed by atoms with van der Waals surface area (Å²) in [5.41, 5.74) is 1.16. The fourth-order valence-corrected chi connectivity index (χ4v) is 1.34. The van der Waals surface area contributed by atoms with E-state index in [0.717, 1.165) is 18.1 Å². The number of carbonyl (C=O) groups is 1. The van der Waals surface area contributed by atoms with Crippen molar-refractivity contribution in [3.8, 4) is 11.5 Å². The molecule has 1 aromatic rings. The van der Waals surface area contributed by atoms with Crippen molar-refractivity contribution in [1.82, 2.24) is 0 Å². The number of aliphatic carboxylic acids is 1. The van der Waals surface area contributed by atoms with Gasteiger partial charge in [-0.2, -0.15) is 0 Å². The van der Waals surface area contributed by atoms with Crippen LogP contribution in [0, 0.1) is 0 Å². The van der Waals surface area contributed by atoms with Crippen LogP contribution in [0.25, 0.3) is 0 Å². The van der Waals surface area contributed by atoms with E-state index < -0.39 is 5.97 Å². The molecule has 0 bridgehead atoms. The van der Waals surface area contributed by atoms with Gasteiger partial charge in [-0.1, -0.05) is 13.0 Å². The van der Waals surface area contributed by atoms with Crippen molar-refractivity contribution in [3.63, 3.8) is 0 Å². The van der Waals surface area contributed by atoms with E-state index in [1.807, 2.05) is 18.2 Å². The lowest BCUT2D eigenvalue weighted by Crippen LogP contribution is -1.98. The lowest BCUT2D eigenvalue weighted by atomic mass is 10.1. The molecule has 0 fully saturated rings. The Kier molecular flexibility index (Phi) is 5.07. The SMILES string of the molecule is CCc1ccc(OC/C=C/C(=O)O)c(OC)c1. The third-order valence-corrected chi connectivity index (χ3v) is 2.23. The van der Waals surface area contributed by atoms with E-state index >= 15 is 0 Å². The quantitative estimate of drug-likeness (QED) is 0.770. The molecule has 4 heteroatoms. The first-order valence-electron chi connectivity index (χ1n) is 5.36. The molecule has 1 rings (SSSR count). The molecule has 0 amide bonds. The molecule has 4 nitrogen and oxygen atoms in total. The monoisotopic (exact) mass is 236 g/mol. The second-order valence-corrected chi connectivity index (χ2v) is 3.39. The average Bonchev–Trinajstić information content (AvgIpc) is 2.34. The van der Waals surface area contributed by atoms with E-state index in [9.17, 15) is 4.79 Å². The first-order chi connectivity index (χ1) is 8.17. The van der Waals surface area contributed by atoms with Crippen molar-refractivity contribution in [2.45, 2.75) is 13.3 Å². The van der Waals surface area contributed by atoms with E-state index in [1.54, 1.807) is 7.11 Å². The number of hydrogen-bond donors (Lipinski definition) is 1. The lowest BCUT2D eigenvalue weighted by Gasteiger charge is -2.10. The number of benzene rings is 1. The fourth-order valence-electron chi connectivity index (χ4n) is 1.34. The molecular formula is C13H16O4. The minimum absolute atomic E-state index is 0.203. The standard InChI is InChI=1S/C13H16O4/c1-3-10-6-7-11(12(9-10)16-2)17-8-4-5-13(14)15/h4-7,9H,3,8H2,1-2H3,(H,14,15)/b5-4+. The molecule has 0 saturated carbocycles. The zero-order chi connectivity index (χ0) is 12.7. The predicted molar refractivity (Wildman–Crippen MR) is 64.6 cm³/mol. The topological polar surface area (TPSA) is 55.8 Å². The molecule has 0 spiro atoms. The van der Waals surface area contributed by atoms with Crippen LogP contribution in [0.1, 0.15) is 12.5 Å². The van der Waals surface area contributed by atoms with Crippen LogP contribution in [-0.2, 0) is 11.2 Å². The number of ether oxygens (including phenoxy) is 2. The molecule has 0 heterocycles. The molecule has 0 radical (unpaired) electrons. The smallest absolute Gasteiger partial charge is 0.328 e. The van der Waals surface area contributed by atoms with Crippen LogP contribution in [0.4, 0.5) is 0 Å². The van der Waals surface area contributed by atoms with Crippen molar-refractivity contribution in [1.29, 1.82) is 0 Å². The average molecular weight is 236 g/mol. The van der Waals surface area contributed by atoms with E-state index in [1.165, 1.54) is 6.08 Å². The first kappa shape index (κ1) is 13.1. The van der Waals surface area contributed by atoms with E-state index in [0.29, 0.717) is 11.5 Å². The Labute approximate surface area is 100 Å². The van der Waals surface area contributed by atoms with Crippen LogP contribution >= 0.6 is 0 Å². The largest absolute Gasteiger partial charge is 0.493 e. The molecule has 0 aromatic heterocycles. The Balaban J connectivity index is 2.67. The highest BCUT2D eigenvalue weighted by atomic mass is 16.5. The zero-order valence-corrected chi connectivity index (χ0v) is 9.97. The Bertz CT molecular complexity index is 410. The molecule has 0 aliphatic rings. The molecule has 0 saturated heterocycles. The Hall–Kier alpha value is -1.97. The van der Waals surface area contributed by atoms with Gasteiger partial charge in [-0.05, 0) is 30.2 Å². The molecular weight excluding hydrogens is 220 g/mol. The molecule has 1 aromatic carbocycles. The van der Waals surface area contributed by atoms with Crippen LogP contribution in [0.5, 0.6) is 11.5 Å². The van der Waals surface area contributed by atoms with Gasteiger partial charge in [0, 0.05) is 6.08 Å². The maximum Gasteiger partial charge on any atom is 0.328 e. The third-order valence-electron chi connectivity index (χ3n) is 2.23. The van der Waals surface area contributed by atoms with Crippen LogP contribution in [0.2, 0.25) is 0 Å². The summed E-state index contributed by atoms with van der Waals surface area (Å²) in [6.07, 6.45) is 3.41. The van der Waals surface area contributed by atoms with E-state index in [4.69, 9.17) is 14.6 Å². The summed E-state index contributed by atoms with van der Waals surface area (Å²) in [6.45, 7) is 2.26. The Morgan fingerprint density at radius 1 is 1.41 bits per heavy atom. The molecule has 0 aliphatic heterocycles. The Morgan fingerprint density at radius 3 is 2.76 bits per heavy atom. The van der Waals surface area contributed by atoms with E-state index in [2.05, 4.69) is 6.92 Å². The molecule has 1 N–H and O–H groups in total. The molecule has 0 unspecified atom stereocenters. The summed E-state index contributed by atoms with van der Waals surface area (Å²) >= 11 is 0. The van der Waals surface area contributed by atoms with Crippen molar-refractivity contribution in [3.05, 3.63) is 35.9 Å². The summed E-state index contributed by atoms with van der Waals surface area (Å²) in [5, 5.41) is 8.41. The van der Waals surface area contributed by atoms with Gasteiger partial charge in [-0.15, -0.1) is 0 Å². The summed E-state index contributed by atoms with van der Waals surface area (Å²) < 4.78 is 10.6. The summed E-state index contributed by atoms with van der Waals surface area (Å²) in [6, 6.07) is 5.70. The fraction of sp³-hybridized carbons (Fsp3) is 0.308. The highest BCUT2D eigenvalue weighted by Crippen LogP contribution is 2.28. The highest BCUT2D eigenvalue weighted by molar-refractivity contribution is 5.79. The maximum absolute atomic E-state index is 10.3. The van der Waals surface area contributed by atoms with Gasteiger partial charge in [0.05, 0.1) is 7.11 Å². The molecule has 0 atom stereocenters. The number of carboxylic acids is 1. The number of methoxy groups -OCH3 is 1. The summed E-state index contributed by atoms with van der Waals surface area (Å²) in [4.78, 5) is 10.3. The van der Waals surface area contributed by atoms with Gasteiger partial charge in [-0.3, -0.25) is 0 Å². The molecule has 0 aliphatic carbocycles. The van der Waals surface area contributed by atoms with Gasteiger partial charge in [0.15, 0.2) is 11.5 Å². The highest BCUT2D eigenvalue weighted by Gasteiger charge is 2.04. The van der Waals surface area contributed by atoms with Crippen molar-refractivity contribution < 1.29 is 19.4 Å². The van der Waals surface area contributed by atoms with Crippen molar-refractivity contribution in [2.24, 2.45) is 0 Å².